The number of esters is 1. The fourth-order valence-electron chi connectivity index (χ4n) is 3.82. The number of amides is 2. The molecule has 0 aliphatic heterocycles. The van der Waals surface area contributed by atoms with Gasteiger partial charge in [-0.05, 0) is 51.9 Å². The zero-order valence-electron chi connectivity index (χ0n) is 19.3. The molecule has 1 saturated carbocycles. The smallest absolute Gasteiger partial charge is 0.329 e. The Bertz CT molecular complexity index is 740. The second-order valence-corrected chi connectivity index (χ2v) is 9.66. The molecule has 2 rings (SSSR count). The van der Waals surface area contributed by atoms with Gasteiger partial charge in [0, 0.05) is 12.4 Å². The second-order valence-electron chi connectivity index (χ2n) is 9.66. The number of carbonyl (C=O) groups is 3. The molecule has 2 amide bonds. The number of hydrogen-bond donors (Lipinski definition) is 2. The first-order valence-electron chi connectivity index (χ1n) is 11.2. The molecule has 2 N–H and O–H groups in total. The van der Waals surface area contributed by atoms with E-state index in [-0.39, 0.29) is 23.4 Å². The Morgan fingerprint density at radius 3 is 2.32 bits per heavy atom. The highest BCUT2D eigenvalue weighted by Gasteiger charge is 2.35. The first-order chi connectivity index (χ1) is 14.6. The van der Waals surface area contributed by atoms with Crippen LogP contribution >= 0.6 is 0 Å². The number of nitrogens with zero attached hydrogens (tertiary/aromatic N) is 2. The van der Waals surface area contributed by atoms with Gasteiger partial charge in [-0.3, -0.25) is 14.6 Å². The van der Waals surface area contributed by atoms with E-state index in [1.165, 1.54) is 18.6 Å². The summed E-state index contributed by atoms with van der Waals surface area (Å²) in [6, 6.07) is -1.52. The van der Waals surface area contributed by atoms with Gasteiger partial charge in [-0.2, -0.15) is 0 Å². The van der Waals surface area contributed by atoms with Gasteiger partial charge in [-0.25, -0.2) is 9.78 Å². The Kier molecular flexibility index (Phi) is 8.95. The number of aromatic nitrogens is 2. The van der Waals surface area contributed by atoms with Crippen LogP contribution in [0.4, 0.5) is 0 Å². The third-order valence-corrected chi connectivity index (χ3v) is 5.20. The average molecular weight is 433 g/mol. The van der Waals surface area contributed by atoms with Crippen LogP contribution in [-0.2, 0) is 14.3 Å². The minimum absolute atomic E-state index is 0.00714. The fourth-order valence-corrected chi connectivity index (χ4v) is 3.82. The number of carbonyl (C=O) groups excluding carboxylic acids is 3. The van der Waals surface area contributed by atoms with E-state index in [4.69, 9.17) is 4.74 Å². The van der Waals surface area contributed by atoms with Gasteiger partial charge in [0.15, 0.2) is 0 Å². The summed E-state index contributed by atoms with van der Waals surface area (Å²) in [5, 5.41) is 5.70. The van der Waals surface area contributed by atoms with E-state index in [1.807, 2.05) is 13.8 Å². The van der Waals surface area contributed by atoms with Gasteiger partial charge in [0.1, 0.15) is 23.4 Å². The summed E-state index contributed by atoms with van der Waals surface area (Å²) >= 11 is 0. The topological polar surface area (TPSA) is 110 Å². The van der Waals surface area contributed by atoms with Crippen LogP contribution in [0.15, 0.2) is 18.6 Å². The molecular formula is C23H36N4O4. The fraction of sp³-hybridized carbons (Fsp3) is 0.696. The first-order valence-corrected chi connectivity index (χ1v) is 11.2. The molecule has 31 heavy (non-hydrogen) atoms. The summed E-state index contributed by atoms with van der Waals surface area (Å²) in [6.45, 7) is 9.36. The van der Waals surface area contributed by atoms with Crippen molar-refractivity contribution < 1.29 is 19.1 Å². The van der Waals surface area contributed by atoms with Crippen molar-refractivity contribution in [3.05, 3.63) is 24.3 Å². The predicted molar refractivity (Wildman–Crippen MR) is 117 cm³/mol. The van der Waals surface area contributed by atoms with E-state index >= 15 is 0 Å². The molecule has 1 heterocycles. The lowest BCUT2D eigenvalue weighted by molar-refractivity contribution is -0.159. The summed E-state index contributed by atoms with van der Waals surface area (Å²) in [5.41, 5.74) is -0.498. The third-order valence-electron chi connectivity index (χ3n) is 5.20. The third kappa shape index (κ3) is 8.26. The molecule has 8 heteroatoms. The quantitative estimate of drug-likeness (QED) is 0.611. The maximum absolute atomic E-state index is 13.3. The molecule has 0 aromatic carbocycles. The normalized spacial score (nSPS) is 17.0. The Morgan fingerprint density at radius 2 is 1.77 bits per heavy atom. The minimum Gasteiger partial charge on any atom is -0.458 e. The molecule has 2 atom stereocenters. The minimum atomic E-state index is -0.772. The summed E-state index contributed by atoms with van der Waals surface area (Å²) in [6.07, 6.45) is 9.58. The van der Waals surface area contributed by atoms with E-state index < -0.39 is 29.6 Å². The monoisotopic (exact) mass is 432 g/mol. The molecule has 1 fully saturated rings. The van der Waals surface area contributed by atoms with E-state index in [2.05, 4.69) is 20.6 Å². The Labute approximate surface area is 184 Å². The van der Waals surface area contributed by atoms with Gasteiger partial charge < -0.3 is 15.4 Å². The molecule has 1 aliphatic rings. The summed E-state index contributed by atoms with van der Waals surface area (Å²) < 4.78 is 5.52. The molecule has 1 aromatic rings. The maximum Gasteiger partial charge on any atom is 0.329 e. The molecule has 172 valence electrons. The highest BCUT2D eigenvalue weighted by atomic mass is 16.6. The molecule has 0 spiro atoms. The number of nitrogens with one attached hydrogen (secondary N) is 2. The van der Waals surface area contributed by atoms with Crippen molar-refractivity contribution in [2.24, 2.45) is 11.8 Å². The van der Waals surface area contributed by atoms with Gasteiger partial charge in [0.25, 0.3) is 5.91 Å². The number of ether oxygens (including phenoxy) is 1. The predicted octanol–water partition coefficient (Wildman–Crippen LogP) is 3.03. The molecule has 1 aliphatic carbocycles. The van der Waals surface area contributed by atoms with Crippen molar-refractivity contribution >= 4 is 17.8 Å². The van der Waals surface area contributed by atoms with Crippen LogP contribution in [0.2, 0.25) is 0 Å². The van der Waals surface area contributed by atoms with Crippen LogP contribution in [-0.4, -0.2) is 45.4 Å². The number of rotatable bonds is 8. The van der Waals surface area contributed by atoms with E-state index in [9.17, 15) is 14.4 Å². The highest BCUT2D eigenvalue weighted by Crippen LogP contribution is 2.27. The Hall–Kier alpha value is -2.51. The number of hydrogen-bond acceptors (Lipinski definition) is 6. The van der Waals surface area contributed by atoms with Crippen molar-refractivity contribution in [3.63, 3.8) is 0 Å². The van der Waals surface area contributed by atoms with Crippen LogP contribution in [0.5, 0.6) is 0 Å². The summed E-state index contributed by atoms with van der Waals surface area (Å²) in [5.74, 6) is -1.08. The Morgan fingerprint density at radius 1 is 1.10 bits per heavy atom. The second kappa shape index (κ2) is 11.2. The lowest BCUT2D eigenvalue weighted by Gasteiger charge is -2.32. The van der Waals surface area contributed by atoms with Crippen molar-refractivity contribution in [1.29, 1.82) is 0 Å². The zero-order chi connectivity index (χ0) is 23.0. The van der Waals surface area contributed by atoms with Crippen molar-refractivity contribution in [2.75, 3.05) is 0 Å². The van der Waals surface area contributed by atoms with Gasteiger partial charge in [0.05, 0.1) is 6.20 Å². The summed E-state index contributed by atoms with van der Waals surface area (Å²) in [4.78, 5) is 46.7. The van der Waals surface area contributed by atoms with Crippen molar-refractivity contribution in [3.8, 4) is 0 Å². The lowest BCUT2D eigenvalue weighted by Crippen LogP contribution is -2.55. The molecule has 2 unspecified atom stereocenters. The first kappa shape index (κ1) is 24.8. The Balaban J connectivity index is 2.18. The maximum atomic E-state index is 13.3. The SMILES string of the molecule is CC(C)CC(NC(=O)C(NC(=O)c1cnccn1)C1CCCCC1)C(=O)OC(C)(C)C. The van der Waals surface area contributed by atoms with Gasteiger partial charge in [-0.15, -0.1) is 0 Å². The van der Waals surface area contributed by atoms with Gasteiger partial charge in [0.2, 0.25) is 5.91 Å². The standard InChI is InChI=1S/C23H36N4O4/c1-15(2)13-17(22(30)31-23(3,4)5)26-21(29)19(16-9-7-6-8-10-16)27-20(28)18-14-24-11-12-25-18/h11-12,14-17,19H,6-10,13H2,1-5H3,(H,26,29)(H,27,28). The van der Waals surface area contributed by atoms with Crippen LogP contribution in [0.1, 0.15) is 83.6 Å². The molecule has 0 saturated heterocycles. The lowest BCUT2D eigenvalue weighted by atomic mass is 9.83. The average Bonchev–Trinajstić information content (AvgIpc) is 2.71. The van der Waals surface area contributed by atoms with Crippen molar-refractivity contribution in [2.45, 2.75) is 90.8 Å². The van der Waals surface area contributed by atoms with Crippen LogP contribution < -0.4 is 10.6 Å². The van der Waals surface area contributed by atoms with E-state index in [0.29, 0.717) is 6.42 Å². The van der Waals surface area contributed by atoms with Crippen molar-refractivity contribution in [1.82, 2.24) is 20.6 Å². The van der Waals surface area contributed by atoms with Crippen LogP contribution in [0.3, 0.4) is 0 Å². The zero-order valence-corrected chi connectivity index (χ0v) is 19.3. The van der Waals surface area contributed by atoms with E-state index in [1.54, 1.807) is 20.8 Å². The summed E-state index contributed by atoms with van der Waals surface area (Å²) in [7, 11) is 0. The molecule has 0 bridgehead atoms. The van der Waals surface area contributed by atoms with Gasteiger partial charge >= 0.3 is 5.97 Å². The highest BCUT2D eigenvalue weighted by molar-refractivity contribution is 5.96. The molecule has 8 nitrogen and oxygen atoms in total. The van der Waals surface area contributed by atoms with Crippen LogP contribution in [0.25, 0.3) is 0 Å². The molecular weight excluding hydrogens is 396 g/mol. The van der Waals surface area contributed by atoms with Crippen LogP contribution in [0, 0.1) is 11.8 Å². The van der Waals surface area contributed by atoms with Gasteiger partial charge in [-0.1, -0.05) is 33.1 Å². The largest absolute Gasteiger partial charge is 0.458 e. The molecule has 0 radical (unpaired) electrons. The molecule has 1 aromatic heterocycles. The van der Waals surface area contributed by atoms with E-state index in [0.717, 1.165) is 32.1 Å².